The number of benzene rings is 5. The molecule has 1 aromatic heterocycles. The lowest BCUT2D eigenvalue weighted by Gasteiger charge is -2.18. The summed E-state index contributed by atoms with van der Waals surface area (Å²) in [5, 5.41) is 16.6. The highest BCUT2D eigenvalue weighted by Gasteiger charge is 2.29. The number of fused-ring (bicyclic) bond motifs is 10. The summed E-state index contributed by atoms with van der Waals surface area (Å²) in [6.07, 6.45) is 1.83. The molecule has 222 valence electrons. The van der Waals surface area contributed by atoms with Gasteiger partial charge in [0.15, 0.2) is 0 Å². The first kappa shape index (κ1) is 26.7. The Labute approximate surface area is 276 Å². The van der Waals surface area contributed by atoms with E-state index in [1.165, 1.54) is 88.4 Å². The van der Waals surface area contributed by atoms with Crippen LogP contribution in [-0.2, 0) is 12.8 Å². The van der Waals surface area contributed by atoms with Gasteiger partial charge in [-0.1, -0.05) is 97.1 Å². The zero-order valence-corrected chi connectivity index (χ0v) is 26.8. The molecule has 2 heterocycles. The Balaban J connectivity index is 1.20. The lowest BCUT2D eigenvalue weighted by atomic mass is 9.87. The second-order valence-corrected chi connectivity index (χ2v) is 13.6. The molecule has 1 aliphatic heterocycles. The van der Waals surface area contributed by atoms with Crippen molar-refractivity contribution in [1.82, 2.24) is 19.8 Å². The molecular weight excluding hydrogens is 593 g/mol. The van der Waals surface area contributed by atoms with Crippen LogP contribution in [-0.4, -0.2) is 19.8 Å². The van der Waals surface area contributed by atoms with E-state index in [0.717, 1.165) is 46.6 Å². The van der Waals surface area contributed by atoms with Gasteiger partial charge in [0.05, 0.1) is 4.88 Å². The molecule has 0 bridgehead atoms. The van der Waals surface area contributed by atoms with Crippen LogP contribution in [0.3, 0.4) is 0 Å². The molecule has 3 aliphatic carbocycles. The average molecular weight is 621 g/mol. The molecule has 0 N–H and O–H groups in total. The van der Waals surface area contributed by atoms with Gasteiger partial charge in [0, 0.05) is 16.7 Å². The van der Waals surface area contributed by atoms with Crippen molar-refractivity contribution in [3.8, 4) is 66.5 Å². The van der Waals surface area contributed by atoms with Gasteiger partial charge in [0.25, 0.3) is 0 Å². The Kier molecular flexibility index (Phi) is 5.67. The first-order chi connectivity index (χ1) is 23.1. The Bertz CT molecular complexity index is 2550. The number of aryl methyl sites for hydroxylation is 1. The van der Waals surface area contributed by atoms with E-state index >= 15 is 0 Å². The Morgan fingerprint density at radius 3 is 2.06 bits per heavy atom. The Hall–Kier alpha value is -5.52. The van der Waals surface area contributed by atoms with Gasteiger partial charge < -0.3 is 0 Å². The van der Waals surface area contributed by atoms with Gasteiger partial charge in [-0.15, -0.1) is 10.2 Å². The largest absolute Gasteiger partial charge is 0.190 e. The quantitative estimate of drug-likeness (QED) is 0.197. The molecule has 0 fully saturated rings. The fourth-order valence-corrected chi connectivity index (χ4v) is 8.75. The first-order valence-electron chi connectivity index (χ1n) is 16.1. The molecule has 5 heteroatoms. The third kappa shape index (κ3) is 3.87. The molecule has 0 atom stereocenters. The first-order valence-corrected chi connectivity index (χ1v) is 16.9. The average Bonchev–Trinajstić information content (AvgIpc) is 3.80. The normalized spacial score (nSPS) is 12.7. The summed E-state index contributed by atoms with van der Waals surface area (Å²) in [4.78, 5) is 1.18. The van der Waals surface area contributed by atoms with Crippen molar-refractivity contribution in [3.05, 3.63) is 143 Å². The highest BCUT2D eigenvalue weighted by Crippen LogP contribution is 2.49. The monoisotopic (exact) mass is 620 g/mol. The molecule has 0 unspecified atom stereocenters. The summed E-state index contributed by atoms with van der Waals surface area (Å²) in [7, 11) is 0. The minimum absolute atomic E-state index is 0.757. The number of hydrogen-bond acceptors (Lipinski definition) is 5. The number of hydrogen-bond donors (Lipinski definition) is 0. The molecule has 0 saturated heterocycles. The van der Waals surface area contributed by atoms with Crippen LogP contribution in [0.2, 0.25) is 0 Å². The minimum Gasteiger partial charge on any atom is -0.190 e. The summed E-state index contributed by atoms with van der Waals surface area (Å²) in [5.41, 5.74) is 20.1. The van der Waals surface area contributed by atoms with Crippen molar-refractivity contribution in [1.29, 1.82) is 0 Å². The van der Waals surface area contributed by atoms with E-state index in [9.17, 15) is 0 Å². The zero-order valence-electron chi connectivity index (χ0n) is 26.0. The van der Waals surface area contributed by atoms with Crippen molar-refractivity contribution in [2.45, 2.75) is 26.7 Å². The van der Waals surface area contributed by atoms with Gasteiger partial charge >= 0.3 is 0 Å². The van der Waals surface area contributed by atoms with Crippen molar-refractivity contribution < 1.29 is 0 Å². The minimum atomic E-state index is 0.757. The molecule has 5 aromatic carbocycles. The summed E-state index contributed by atoms with van der Waals surface area (Å²) in [6.45, 7) is 4.41. The predicted molar refractivity (Wildman–Crippen MR) is 192 cm³/mol. The molecule has 4 aliphatic rings. The molecule has 0 radical (unpaired) electrons. The molecule has 6 aromatic rings. The van der Waals surface area contributed by atoms with Gasteiger partial charge in [-0.3, -0.25) is 0 Å². The highest BCUT2D eigenvalue weighted by atomic mass is 32.1. The van der Waals surface area contributed by atoms with Gasteiger partial charge in [0.2, 0.25) is 0 Å². The van der Waals surface area contributed by atoms with Gasteiger partial charge in [0.1, 0.15) is 17.1 Å². The zero-order chi connectivity index (χ0) is 31.2. The van der Waals surface area contributed by atoms with Crippen LogP contribution < -0.4 is 0 Å². The van der Waals surface area contributed by atoms with E-state index in [4.69, 9.17) is 14.6 Å². The van der Waals surface area contributed by atoms with Crippen LogP contribution in [0.25, 0.3) is 77.2 Å². The molecule has 10 rings (SSSR count). The van der Waals surface area contributed by atoms with Crippen molar-refractivity contribution in [3.63, 3.8) is 0 Å². The third-order valence-electron chi connectivity index (χ3n) is 10.3. The molecular formula is C42H28N4S. The maximum atomic E-state index is 5.08. The molecule has 4 nitrogen and oxygen atoms in total. The number of rotatable bonds is 3. The Morgan fingerprint density at radius 1 is 0.553 bits per heavy atom. The van der Waals surface area contributed by atoms with E-state index in [2.05, 4.69) is 128 Å². The summed E-state index contributed by atoms with van der Waals surface area (Å²) in [5.74, 6) is 0. The van der Waals surface area contributed by atoms with Crippen molar-refractivity contribution >= 4 is 22.3 Å². The van der Waals surface area contributed by atoms with E-state index in [1.807, 2.05) is 0 Å². The fraction of sp³-hybridized carbons (Fsp3) is 0.0952. The number of aromatic nitrogens is 4. The molecule has 0 spiro atoms. The summed E-state index contributed by atoms with van der Waals surface area (Å²) in [6, 6.07) is 39.5. The van der Waals surface area contributed by atoms with Crippen molar-refractivity contribution in [2.24, 2.45) is 0 Å². The van der Waals surface area contributed by atoms with Crippen LogP contribution in [0.4, 0.5) is 0 Å². The maximum absolute atomic E-state index is 5.08. The third-order valence-corrected chi connectivity index (χ3v) is 11.1. The predicted octanol–water partition coefficient (Wildman–Crippen LogP) is 10.3. The second kappa shape index (κ2) is 9.99. The molecule has 0 amide bonds. The topological polar surface area (TPSA) is 51.6 Å². The van der Waals surface area contributed by atoms with Gasteiger partial charge in [-0.05, 0) is 128 Å². The van der Waals surface area contributed by atoms with Crippen LogP contribution in [0.5, 0.6) is 0 Å². The molecule has 47 heavy (non-hydrogen) atoms. The van der Waals surface area contributed by atoms with E-state index in [0.29, 0.717) is 0 Å². The lowest BCUT2D eigenvalue weighted by Crippen LogP contribution is -2.04. The van der Waals surface area contributed by atoms with Crippen molar-refractivity contribution in [2.75, 3.05) is 0 Å². The van der Waals surface area contributed by atoms with Gasteiger partial charge in [-0.2, -0.15) is 4.37 Å². The lowest BCUT2D eigenvalue weighted by molar-refractivity contribution is 0.875. The van der Waals surface area contributed by atoms with Crippen LogP contribution in [0, 0.1) is 13.8 Å². The van der Waals surface area contributed by atoms with E-state index < -0.39 is 0 Å². The second-order valence-electron chi connectivity index (χ2n) is 12.8. The van der Waals surface area contributed by atoms with Crippen LogP contribution in [0.15, 0.2) is 109 Å². The standard InChI is InChI=1S/C42H28N4S/c1-23-18-32-29-15-9-7-13-27(29)20-36(32)39(24(23)2)42-40(25-10-4-3-5-11-25)41(43-46-44-42)37-21-35-31-17-16-30-28-14-8-6-12-26(28)19-33(30)34(31)22-38(35)47-45-37/h3-18,21-22H,19-20H2,1-2H3. The molecule has 0 saturated carbocycles. The summed E-state index contributed by atoms with van der Waals surface area (Å²) < 4.78 is 5.08. The van der Waals surface area contributed by atoms with Crippen LogP contribution in [0.1, 0.15) is 33.4 Å². The maximum Gasteiger partial charge on any atom is 0.124 e. The van der Waals surface area contributed by atoms with Gasteiger partial charge in [-0.25, -0.2) is 0 Å². The van der Waals surface area contributed by atoms with E-state index in [-0.39, 0.29) is 0 Å². The SMILES string of the molecule is Cc1cc2c(c(-c3nnnc(-c4cc5c6ccc7c(c6cc-5sn4)Cc4ccccc4-7)c3-c3ccccc3)c1C)Cc1ccccc1-2. The van der Waals surface area contributed by atoms with E-state index in [1.54, 1.807) is 0 Å². The Morgan fingerprint density at radius 2 is 1.26 bits per heavy atom. The van der Waals surface area contributed by atoms with Crippen LogP contribution >= 0.6 is 11.5 Å². The fourth-order valence-electron chi connectivity index (χ4n) is 7.97. The smallest absolute Gasteiger partial charge is 0.124 e. The highest BCUT2D eigenvalue weighted by molar-refractivity contribution is 7.09. The number of nitrogens with zero attached hydrogens (tertiary/aromatic N) is 4. The summed E-state index contributed by atoms with van der Waals surface area (Å²) >= 11 is 1.54.